The second-order valence-corrected chi connectivity index (χ2v) is 24.9. The van der Waals surface area contributed by atoms with Gasteiger partial charge in [0.25, 0.3) is 21.6 Å². The number of ether oxygens (including phenoxy) is 1. The molecule has 1 amide bonds. The van der Waals surface area contributed by atoms with Gasteiger partial charge in [-0.1, -0.05) is 43.2 Å². The van der Waals surface area contributed by atoms with E-state index in [1.165, 1.54) is 28.8 Å². The van der Waals surface area contributed by atoms with E-state index < -0.39 is 38.8 Å². The minimum Gasteiger partial charge on any atom is -0.476 e. The number of benzene rings is 3. The number of nitro groups is 1. The molecule has 0 spiro atoms. The summed E-state index contributed by atoms with van der Waals surface area (Å²) in [6, 6.07) is 21.1. The summed E-state index contributed by atoms with van der Waals surface area (Å²) >= 11 is 6.28. The number of hydrogen-bond acceptors (Lipinski definition) is 13. The summed E-state index contributed by atoms with van der Waals surface area (Å²) in [6.45, 7) is 13.6. The average molecular weight is 1010 g/mol. The number of carbonyl (C=O) groups is 1. The average Bonchev–Trinajstić information content (AvgIpc) is 3.69. The summed E-state index contributed by atoms with van der Waals surface area (Å²) in [4.78, 5) is 40.4. The van der Waals surface area contributed by atoms with Crippen LogP contribution in [0.1, 0.15) is 82.1 Å². The number of halogens is 1. The highest BCUT2D eigenvalue weighted by molar-refractivity contribution is 7.90. The fourth-order valence-electron chi connectivity index (χ4n) is 10.2. The summed E-state index contributed by atoms with van der Waals surface area (Å²) in [7, 11) is -7.33. The highest BCUT2D eigenvalue weighted by Gasteiger charge is 2.34. The van der Waals surface area contributed by atoms with Crippen molar-refractivity contribution in [1.29, 1.82) is 0 Å². The van der Waals surface area contributed by atoms with Crippen LogP contribution in [0.2, 0.25) is 5.02 Å². The Bertz CT molecular complexity index is 2960. The largest absolute Gasteiger partial charge is 0.476 e. The van der Waals surface area contributed by atoms with E-state index in [-0.39, 0.29) is 28.7 Å². The Hall–Kier alpha value is -5.45. The van der Waals surface area contributed by atoms with Gasteiger partial charge in [0.05, 0.1) is 33.8 Å². The number of aromatic nitrogens is 2. The first-order valence-electron chi connectivity index (χ1n) is 24.3. The molecule has 0 unspecified atom stereocenters. The monoisotopic (exact) mass is 1010 g/mol. The number of aromatic amines is 1. The number of pyridine rings is 1. The minimum absolute atomic E-state index is 0.0958. The molecule has 9 rings (SSSR count). The molecule has 0 atom stereocenters. The number of nitrogens with one attached hydrogen (secondary N) is 3. The highest BCUT2D eigenvalue weighted by atomic mass is 35.5. The van der Waals surface area contributed by atoms with Gasteiger partial charge in [0.1, 0.15) is 17.0 Å². The molecule has 1 aliphatic carbocycles. The fraction of sp³-hybridized carbons (Fsp3) is 0.451. The second kappa shape index (κ2) is 20.3. The lowest BCUT2D eigenvalue weighted by atomic mass is 9.72. The van der Waals surface area contributed by atoms with Crippen molar-refractivity contribution in [3.63, 3.8) is 0 Å². The lowest BCUT2D eigenvalue weighted by Crippen LogP contribution is -2.47. The van der Waals surface area contributed by atoms with Crippen molar-refractivity contribution >= 4 is 79.9 Å². The van der Waals surface area contributed by atoms with Crippen LogP contribution in [0.5, 0.6) is 5.88 Å². The third-order valence-electron chi connectivity index (χ3n) is 14.0. The van der Waals surface area contributed by atoms with E-state index in [9.17, 15) is 27.9 Å². The van der Waals surface area contributed by atoms with Crippen LogP contribution in [-0.4, -0.2) is 105 Å². The standard InChI is InChI=1S/C51H62ClN8O8PS/c1-34(2)68-69(64)26-16-35(17-27-69)32-54-44-13-11-41(30-46(44)60(62)63)70(65,66)56-49(61)42-12-10-40(29-45(42)59-20-5-25-67-50-47(59)28-37-15-19-53-48(37)55-50)58-23-21-57(22-24-58)33-38-14-18-51(3,4)31-43(38)36-6-8-39(52)9-7-36/h6-13,15,19,28-30,34-35,54H,5,14,16-18,20-27,31-33H2,1-4H3,(H,53,55)(H,56,61). The van der Waals surface area contributed by atoms with Gasteiger partial charge < -0.3 is 29.4 Å². The van der Waals surface area contributed by atoms with Crippen LogP contribution in [0.4, 0.5) is 28.4 Å². The number of anilines is 4. The maximum absolute atomic E-state index is 14.5. The van der Waals surface area contributed by atoms with Gasteiger partial charge in [-0.2, -0.15) is 4.98 Å². The molecule has 70 heavy (non-hydrogen) atoms. The van der Waals surface area contributed by atoms with Crippen molar-refractivity contribution in [1.82, 2.24) is 19.6 Å². The number of fused-ring (bicyclic) bond motifs is 2. The molecule has 5 aromatic rings. The van der Waals surface area contributed by atoms with Crippen molar-refractivity contribution in [3.05, 3.63) is 111 Å². The number of carbonyl (C=O) groups excluding carboxylic acids is 1. The number of H-pyrrole nitrogens is 1. The molecule has 3 N–H and O–H groups in total. The summed E-state index contributed by atoms with van der Waals surface area (Å²) < 4.78 is 55.3. The van der Waals surface area contributed by atoms with E-state index in [4.69, 9.17) is 25.8 Å². The third-order valence-corrected chi connectivity index (χ3v) is 18.3. The first-order chi connectivity index (χ1) is 33.4. The number of hydrogen-bond donors (Lipinski definition) is 3. The Morgan fingerprint density at radius 3 is 2.50 bits per heavy atom. The number of nitrogens with zero attached hydrogens (tertiary/aromatic N) is 5. The predicted molar refractivity (Wildman–Crippen MR) is 277 cm³/mol. The molecular formula is C51H62ClN8O8PS. The topological polar surface area (TPSA) is 192 Å². The SMILES string of the molecule is CC(C)OP1(=O)CCC(CNc2ccc(S(=O)(=O)NC(=O)c3ccc(N4CCN(CC5=C(c6ccc(Cl)cc6)CC(C)(C)CC5)CC4)cc3N3CCCOc4nc5[nH]ccc5cc43)cc2[N+](=O)[O-])CC1. The number of sulfonamides is 1. The van der Waals surface area contributed by atoms with Crippen molar-refractivity contribution in [3.8, 4) is 5.88 Å². The van der Waals surface area contributed by atoms with E-state index in [0.29, 0.717) is 74.2 Å². The Morgan fingerprint density at radius 1 is 1.01 bits per heavy atom. The third kappa shape index (κ3) is 11.2. The van der Waals surface area contributed by atoms with Crippen molar-refractivity contribution in [2.45, 2.75) is 77.2 Å². The lowest BCUT2D eigenvalue weighted by Gasteiger charge is -2.39. The van der Waals surface area contributed by atoms with Crippen LogP contribution in [0.3, 0.4) is 0 Å². The van der Waals surface area contributed by atoms with Gasteiger partial charge in [-0.15, -0.1) is 0 Å². The van der Waals surface area contributed by atoms with E-state index >= 15 is 0 Å². The van der Waals surface area contributed by atoms with Crippen molar-refractivity contribution in [2.24, 2.45) is 11.3 Å². The molecule has 0 saturated carbocycles. The van der Waals surface area contributed by atoms with Gasteiger partial charge in [-0.05, 0) is 129 Å². The van der Waals surface area contributed by atoms with Gasteiger partial charge in [0.2, 0.25) is 13.2 Å². The number of piperazine rings is 1. The quantitative estimate of drug-likeness (QED) is 0.0541. The molecule has 4 aliphatic rings. The molecule has 2 fully saturated rings. The molecular weight excluding hydrogens is 951 g/mol. The zero-order valence-electron chi connectivity index (χ0n) is 40.2. The number of allylic oxidation sites excluding steroid dienone is 1. The first kappa shape index (κ1) is 49.5. The summed E-state index contributed by atoms with van der Waals surface area (Å²) in [5.74, 6) is -0.409. The molecule has 19 heteroatoms. The predicted octanol–water partition coefficient (Wildman–Crippen LogP) is 10.5. The number of amides is 1. The Kier molecular flexibility index (Phi) is 14.4. The van der Waals surface area contributed by atoms with Gasteiger partial charge in [-0.3, -0.25) is 24.4 Å². The van der Waals surface area contributed by atoms with Crippen LogP contribution in [-0.2, 0) is 19.1 Å². The highest BCUT2D eigenvalue weighted by Crippen LogP contribution is 2.53. The van der Waals surface area contributed by atoms with Gasteiger partial charge in [0, 0.05) is 86.5 Å². The minimum atomic E-state index is -4.62. The molecule has 5 heterocycles. The fourth-order valence-corrected chi connectivity index (χ4v) is 14.1. The second-order valence-electron chi connectivity index (χ2n) is 20.1. The number of rotatable bonds is 14. The van der Waals surface area contributed by atoms with Gasteiger partial charge in [0.15, 0.2) is 0 Å². The Labute approximate surface area is 414 Å². The van der Waals surface area contributed by atoms with E-state index in [1.807, 2.05) is 55.1 Å². The zero-order chi connectivity index (χ0) is 49.4. The molecule has 372 valence electrons. The Balaban J connectivity index is 0.957. The molecule has 2 saturated heterocycles. The normalized spacial score (nSPS) is 21.0. The van der Waals surface area contributed by atoms with Gasteiger partial charge >= 0.3 is 0 Å². The smallest absolute Gasteiger partial charge is 0.293 e. The van der Waals surface area contributed by atoms with Crippen LogP contribution in [0.15, 0.2) is 89.5 Å². The van der Waals surface area contributed by atoms with Crippen LogP contribution >= 0.6 is 19.0 Å². The maximum atomic E-state index is 14.5. The van der Waals surface area contributed by atoms with Gasteiger partial charge in [-0.25, -0.2) is 13.1 Å². The summed E-state index contributed by atoms with van der Waals surface area (Å²) in [5.41, 5.74) is 6.75. The van der Waals surface area contributed by atoms with Crippen molar-refractivity contribution < 1.29 is 32.0 Å². The molecule has 0 radical (unpaired) electrons. The summed E-state index contributed by atoms with van der Waals surface area (Å²) in [6.07, 6.45) is 7.58. The first-order valence-corrected chi connectivity index (χ1v) is 28.1. The maximum Gasteiger partial charge on any atom is 0.293 e. The van der Waals surface area contributed by atoms with Crippen molar-refractivity contribution in [2.75, 3.05) is 79.9 Å². The molecule has 2 aromatic heterocycles. The lowest BCUT2D eigenvalue weighted by molar-refractivity contribution is -0.384. The molecule has 3 aliphatic heterocycles. The number of nitro benzene ring substituents is 1. The zero-order valence-corrected chi connectivity index (χ0v) is 42.7. The summed E-state index contributed by atoms with van der Waals surface area (Å²) in [5, 5.41) is 17.0. The van der Waals surface area contributed by atoms with E-state index in [2.05, 4.69) is 50.8 Å². The van der Waals surface area contributed by atoms with E-state index in [0.717, 1.165) is 74.1 Å². The van der Waals surface area contributed by atoms with Crippen LogP contribution in [0, 0.1) is 21.4 Å². The molecule has 3 aromatic carbocycles. The van der Waals surface area contributed by atoms with Crippen LogP contribution < -0.4 is 24.6 Å². The Morgan fingerprint density at radius 2 is 1.77 bits per heavy atom. The van der Waals surface area contributed by atoms with Crippen LogP contribution in [0.25, 0.3) is 16.6 Å². The van der Waals surface area contributed by atoms with E-state index in [1.54, 1.807) is 12.3 Å². The molecule has 0 bridgehead atoms. The molecule has 16 nitrogen and oxygen atoms in total.